The smallest absolute Gasteiger partial charge is 0.263 e. The molecule has 0 atom stereocenters. The van der Waals surface area contributed by atoms with Gasteiger partial charge in [-0.05, 0) is 79.4 Å². The van der Waals surface area contributed by atoms with Crippen molar-refractivity contribution in [3.63, 3.8) is 0 Å². The van der Waals surface area contributed by atoms with E-state index in [1.165, 1.54) is 23.8 Å². The lowest BCUT2D eigenvalue weighted by atomic mass is 10.1. The summed E-state index contributed by atoms with van der Waals surface area (Å²) < 4.78 is 34.0. The summed E-state index contributed by atoms with van der Waals surface area (Å²) in [5.74, 6) is 0.313. The molecular formula is C26H29ClN2O4S. The van der Waals surface area contributed by atoms with Crippen molar-refractivity contribution < 1.29 is 17.9 Å². The van der Waals surface area contributed by atoms with Crippen LogP contribution in [0.5, 0.6) is 5.75 Å². The summed E-state index contributed by atoms with van der Waals surface area (Å²) in [5.41, 5.74) is 3.88. The summed E-state index contributed by atoms with van der Waals surface area (Å²) in [7, 11) is -3.99. The Kier molecular flexibility index (Phi) is 8.58. The van der Waals surface area contributed by atoms with Crippen LogP contribution < -0.4 is 14.8 Å². The molecule has 0 aliphatic rings. The molecule has 0 unspecified atom stereocenters. The number of benzene rings is 3. The third-order valence-corrected chi connectivity index (χ3v) is 7.22. The molecule has 0 bridgehead atoms. The Balaban J connectivity index is 1.61. The first-order valence-corrected chi connectivity index (χ1v) is 13.0. The number of hydrogen-bond acceptors (Lipinski definition) is 4. The first-order valence-electron chi connectivity index (χ1n) is 11.1. The van der Waals surface area contributed by atoms with Gasteiger partial charge >= 0.3 is 0 Å². The molecule has 0 saturated heterocycles. The van der Waals surface area contributed by atoms with E-state index < -0.39 is 15.9 Å². The second kappa shape index (κ2) is 11.4. The number of rotatable bonds is 10. The van der Waals surface area contributed by atoms with Gasteiger partial charge < -0.3 is 10.1 Å². The zero-order valence-corrected chi connectivity index (χ0v) is 21.1. The van der Waals surface area contributed by atoms with Crippen LogP contribution in [0.25, 0.3) is 0 Å². The maximum absolute atomic E-state index is 12.9. The minimum Gasteiger partial charge on any atom is -0.492 e. The van der Waals surface area contributed by atoms with Gasteiger partial charge in [-0.25, -0.2) is 8.42 Å². The molecule has 6 nitrogen and oxygen atoms in total. The molecule has 0 aliphatic heterocycles. The summed E-state index contributed by atoms with van der Waals surface area (Å²) in [5, 5.41) is 2.77. The van der Waals surface area contributed by atoms with Crippen LogP contribution in [-0.2, 0) is 16.4 Å². The third-order valence-electron chi connectivity index (χ3n) is 5.36. The number of sulfonamides is 1. The van der Waals surface area contributed by atoms with E-state index in [-0.39, 0.29) is 28.6 Å². The standard InChI is InChI=1S/C26H29ClN2O4S/c1-4-5-20-7-11-23(12-8-20)33-15-14-28-26(30)21-9-13-24(27)25(17-21)34(31,32)29-22-10-6-18(2)19(3)16-22/h6-13,16-17,29H,4-5,14-15H2,1-3H3,(H,28,30). The van der Waals surface area contributed by atoms with Crippen LogP contribution in [-0.4, -0.2) is 27.5 Å². The molecule has 0 fully saturated rings. The van der Waals surface area contributed by atoms with Gasteiger partial charge in [-0.1, -0.05) is 43.1 Å². The molecule has 3 aromatic rings. The fourth-order valence-electron chi connectivity index (χ4n) is 3.34. The Bertz CT molecular complexity index is 1260. The van der Waals surface area contributed by atoms with Crippen molar-refractivity contribution in [1.82, 2.24) is 5.32 Å². The van der Waals surface area contributed by atoms with Gasteiger partial charge in [0, 0.05) is 11.3 Å². The fourth-order valence-corrected chi connectivity index (χ4v) is 4.92. The normalized spacial score (nSPS) is 11.2. The van der Waals surface area contributed by atoms with Gasteiger partial charge in [0.2, 0.25) is 0 Å². The molecule has 8 heteroatoms. The molecule has 3 rings (SSSR count). The number of aryl methyl sites for hydroxylation is 3. The molecule has 180 valence electrons. The molecule has 0 saturated carbocycles. The second-order valence-electron chi connectivity index (χ2n) is 8.05. The molecule has 0 heterocycles. The third kappa shape index (κ3) is 6.74. The van der Waals surface area contributed by atoms with Gasteiger partial charge in [0.05, 0.1) is 11.6 Å². The minimum absolute atomic E-state index is 0.0303. The summed E-state index contributed by atoms with van der Waals surface area (Å²) in [4.78, 5) is 12.4. The number of hydrogen-bond donors (Lipinski definition) is 2. The van der Waals surface area contributed by atoms with E-state index in [1.54, 1.807) is 12.1 Å². The van der Waals surface area contributed by atoms with E-state index in [1.807, 2.05) is 44.2 Å². The predicted octanol–water partition coefficient (Wildman–Crippen LogP) is 5.52. The van der Waals surface area contributed by atoms with E-state index in [0.29, 0.717) is 5.69 Å². The van der Waals surface area contributed by atoms with Crippen LogP contribution in [0.3, 0.4) is 0 Å². The Morgan fingerprint density at radius 1 is 0.971 bits per heavy atom. The zero-order chi connectivity index (χ0) is 24.7. The van der Waals surface area contributed by atoms with Gasteiger partial charge in [-0.3, -0.25) is 9.52 Å². The molecule has 2 N–H and O–H groups in total. The molecule has 0 aliphatic carbocycles. The van der Waals surface area contributed by atoms with Crippen molar-refractivity contribution in [2.24, 2.45) is 0 Å². The number of halogens is 1. The topological polar surface area (TPSA) is 84.5 Å². The summed E-state index contributed by atoms with van der Waals surface area (Å²) in [6.45, 7) is 6.53. The van der Waals surface area contributed by atoms with Crippen molar-refractivity contribution in [3.05, 3.63) is 87.9 Å². The number of nitrogens with one attached hydrogen (secondary N) is 2. The molecule has 3 aromatic carbocycles. The van der Waals surface area contributed by atoms with Crippen molar-refractivity contribution >= 4 is 33.2 Å². The molecular weight excluding hydrogens is 472 g/mol. The lowest BCUT2D eigenvalue weighted by Crippen LogP contribution is -2.28. The highest BCUT2D eigenvalue weighted by Gasteiger charge is 2.20. The Morgan fingerprint density at radius 3 is 2.38 bits per heavy atom. The molecule has 0 radical (unpaired) electrons. The van der Waals surface area contributed by atoms with Gasteiger partial charge in [0.1, 0.15) is 17.3 Å². The van der Waals surface area contributed by atoms with Crippen LogP contribution in [0.4, 0.5) is 5.69 Å². The van der Waals surface area contributed by atoms with Crippen LogP contribution >= 0.6 is 11.6 Å². The molecule has 1 amide bonds. The van der Waals surface area contributed by atoms with E-state index in [9.17, 15) is 13.2 Å². The lowest BCUT2D eigenvalue weighted by molar-refractivity contribution is 0.0947. The first kappa shape index (κ1) is 25.6. The minimum atomic E-state index is -3.99. The second-order valence-corrected chi connectivity index (χ2v) is 10.1. The average molecular weight is 501 g/mol. The van der Waals surface area contributed by atoms with E-state index in [0.717, 1.165) is 29.7 Å². The van der Waals surface area contributed by atoms with E-state index in [4.69, 9.17) is 16.3 Å². The molecule has 0 aromatic heterocycles. The van der Waals surface area contributed by atoms with E-state index in [2.05, 4.69) is 17.0 Å². The van der Waals surface area contributed by atoms with Crippen molar-refractivity contribution in [3.8, 4) is 5.75 Å². The summed E-state index contributed by atoms with van der Waals surface area (Å²) >= 11 is 6.16. The Labute approximate surface area is 206 Å². The lowest BCUT2D eigenvalue weighted by Gasteiger charge is -2.13. The number of carbonyl (C=O) groups excluding carboxylic acids is 1. The van der Waals surface area contributed by atoms with Crippen LogP contribution in [0.1, 0.15) is 40.4 Å². The van der Waals surface area contributed by atoms with Crippen molar-refractivity contribution in [2.75, 3.05) is 17.9 Å². The predicted molar refractivity (Wildman–Crippen MR) is 136 cm³/mol. The van der Waals surface area contributed by atoms with Crippen LogP contribution in [0.15, 0.2) is 65.6 Å². The Hall–Kier alpha value is -3.03. The zero-order valence-electron chi connectivity index (χ0n) is 19.5. The van der Waals surface area contributed by atoms with Gasteiger partial charge in [-0.2, -0.15) is 0 Å². The highest BCUT2D eigenvalue weighted by molar-refractivity contribution is 7.92. The van der Waals surface area contributed by atoms with Crippen LogP contribution in [0, 0.1) is 13.8 Å². The van der Waals surface area contributed by atoms with E-state index >= 15 is 0 Å². The average Bonchev–Trinajstić information content (AvgIpc) is 2.80. The van der Waals surface area contributed by atoms with Crippen LogP contribution in [0.2, 0.25) is 5.02 Å². The van der Waals surface area contributed by atoms with Crippen molar-refractivity contribution in [1.29, 1.82) is 0 Å². The fraction of sp³-hybridized carbons (Fsp3) is 0.269. The van der Waals surface area contributed by atoms with Gasteiger partial charge in [0.25, 0.3) is 15.9 Å². The monoisotopic (exact) mass is 500 g/mol. The number of anilines is 1. The SMILES string of the molecule is CCCc1ccc(OCCNC(=O)c2ccc(Cl)c(S(=O)(=O)Nc3ccc(C)c(C)c3)c2)cc1. The number of carbonyl (C=O) groups is 1. The maximum atomic E-state index is 12.9. The summed E-state index contributed by atoms with van der Waals surface area (Å²) in [6, 6.07) is 17.3. The first-order chi connectivity index (χ1) is 16.2. The molecule has 0 spiro atoms. The van der Waals surface area contributed by atoms with Gasteiger partial charge in [0.15, 0.2) is 0 Å². The van der Waals surface area contributed by atoms with Crippen molar-refractivity contribution in [2.45, 2.75) is 38.5 Å². The largest absolute Gasteiger partial charge is 0.492 e. The number of ether oxygens (including phenoxy) is 1. The molecule has 34 heavy (non-hydrogen) atoms. The maximum Gasteiger partial charge on any atom is 0.263 e. The Morgan fingerprint density at radius 2 is 1.71 bits per heavy atom. The quantitative estimate of drug-likeness (QED) is 0.359. The number of amides is 1. The highest BCUT2D eigenvalue weighted by Crippen LogP contribution is 2.26. The summed E-state index contributed by atoms with van der Waals surface area (Å²) in [6.07, 6.45) is 2.11. The van der Waals surface area contributed by atoms with Gasteiger partial charge in [-0.15, -0.1) is 0 Å². The highest BCUT2D eigenvalue weighted by atomic mass is 35.5.